The number of aryl methyl sites for hydroxylation is 2. The quantitative estimate of drug-likeness (QED) is 0.775. The number of likely N-dealkylation sites (N-methyl/N-ethyl adjacent to an activating group) is 1. The zero-order valence-electron chi connectivity index (χ0n) is 14.4. The maximum absolute atomic E-state index is 3.75. The Labute approximate surface area is 130 Å². The van der Waals surface area contributed by atoms with Gasteiger partial charge in [0.05, 0.1) is 0 Å². The number of hydrogen-bond acceptors (Lipinski definition) is 2. The fourth-order valence-corrected chi connectivity index (χ4v) is 3.20. The third kappa shape index (κ3) is 4.55. The SMILES string of the molecule is CCCNC(CN(C)C(C)C1CC1)c1ccc(C)cc1C. The van der Waals surface area contributed by atoms with Crippen molar-refractivity contribution in [2.24, 2.45) is 5.92 Å². The van der Waals surface area contributed by atoms with Crippen LogP contribution in [0.4, 0.5) is 0 Å². The first-order valence-electron chi connectivity index (χ1n) is 8.53. The van der Waals surface area contributed by atoms with Crippen LogP contribution in [0.2, 0.25) is 0 Å². The van der Waals surface area contributed by atoms with Crippen LogP contribution in [0, 0.1) is 19.8 Å². The number of nitrogens with one attached hydrogen (secondary N) is 1. The van der Waals surface area contributed by atoms with Crippen molar-refractivity contribution in [1.29, 1.82) is 0 Å². The van der Waals surface area contributed by atoms with Gasteiger partial charge in [-0.1, -0.05) is 30.7 Å². The Balaban J connectivity index is 2.09. The van der Waals surface area contributed by atoms with E-state index in [1.807, 2.05) is 0 Å². The molecule has 0 amide bonds. The van der Waals surface area contributed by atoms with Crippen LogP contribution in [0.15, 0.2) is 18.2 Å². The summed E-state index contributed by atoms with van der Waals surface area (Å²) in [5.41, 5.74) is 4.23. The van der Waals surface area contributed by atoms with Crippen LogP contribution < -0.4 is 5.32 Å². The Morgan fingerprint density at radius 3 is 2.57 bits per heavy atom. The molecule has 0 bridgehead atoms. The molecule has 2 atom stereocenters. The average Bonchev–Trinajstić information content (AvgIpc) is 3.27. The van der Waals surface area contributed by atoms with Crippen LogP contribution in [0.1, 0.15) is 55.8 Å². The van der Waals surface area contributed by atoms with Gasteiger partial charge in [0.1, 0.15) is 0 Å². The van der Waals surface area contributed by atoms with Crippen molar-refractivity contribution in [3.8, 4) is 0 Å². The molecular formula is C19H32N2. The Morgan fingerprint density at radius 2 is 2.00 bits per heavy atom. The van der Waals surface area contributed by atoms with Gasteiger partial charge in [0.25, 0.3) is 0 Å². The molecule has 1 aromatic carbocycles. The summed E-state index contributed by atoms with van der Waals surface area (Å²) >= 11 is 0. The predicted octanol–water partition coefficient (Wildman–Crippen LogP) is 4.07. The summed E-state index contributed by atoms with van der Waals surface area (Å²) in [4.78, 5) is 2.55. The van der Waals surface area contributed by atoms with Crippen molar-refractivity contribution in [3.63, 3.8) is 0 Å². The molecule has 1 aliphatic rings. The van der Waals surface area contributed by atoms with Gasteiger partial charge >= 0.3 is 0 Å². The van der Waals surface area contributed by atoms with Gasteiger partial charge in [-0.3, -0.25) is 0 Å². The van der Waals surface area contributed by atoms with Gasteiger partial charge in [0.2, 0.25) is 0 Å². The van der Waals surface area contributed by atoms with Gasteiger partial charge in [-0.15, -0.1) is 0 Å². The van der Waals surface area contributed by atoms with E-state index in [0.29, 0.717) is 12.1 Å². The summed E-state index contributed by atoms with van der Waals surface area (Å²) in [5.74, 6) is 0.931. The van der Waals surface area contributed by atoms with E-state index in [1.54, 1.807) is 0 Å². The van der Waals surface area contributed by atoms with Crippen LogP contribution in [0.3, 0.4) is 0 Å². The third-order valence-corrected chi connectivity index (χ3v) is 4.91. The third-order valence-electron chi connectivity index (χ3n) is 4.91. The maximum atomic E-state index is 3.75. The zero-order valence-corrected chi connectivity index (χ0v) is 14.4. The minimum absolute atomic E-state index is 0.441. The Hall–Kier alpha value is -0.860. The summed E-state index contributed by atoms with van der Waals surface area (Å²) in [6.07, 6.45) is 4.02. The number of benzene rings is 1. The molecular weight excluding hydrogens is 256 g/mol. The van der Waals surface area contributed by atoms with Gasteiger partial charge < -0.3 is 10.2 Å². The zero-order chi connectivity index (χ0) is 15.4. The summed E-state index contributed by atoms with van der Waals surface area (Å²) in [6, 6.07) is 8.01. The van der Waals surface area contributed by atoms with E-state index >= 15 is 0 Å². The van der Waals surface area contributed by atoms with Gasteiger partial charge in [-0.2, -0.15) is 0 Å². The molecule has 0 spiro atoms. The van der Waals surface area contributed by atoms with Crippen LogP contribution in [0.25, 0.3) is 0 Å². The normalized spacial score (nSPS) is 18.0. The lowest BCUT2D eigenvalue weighted by Gasteiger charge is -2.31. The molecule has 118 valence electrons. The molecule has 1 N–H and O–H groups in total. The van der Waals surface area contributed by atoms with Crippen molar-refractivity contribution in [2.75, 3.05) is 20.1 Å². The Bertz CT molecular complexity index is 451. The summed E-state index contributed by atoms with van der Waals surface area (Å²) in [6.45, 7) is 11.2. The van der Waals surface area contributed by atoms with Crippen molar-refractivity contribution in [3.05, 3.63) is 34.9 Å². The fourth-order valence-electron chi connectivity index (χ4n) is 3.20. The lowest BCUT2D eigenvalue weighted by Crippen LogP contribution is -2.39. The highest BCUT2D eigenvalue weighted by atomic mass is 15.2. The average molecular weight is 288 g/mol. The lowest BCUT2D eigenvalue weighted by atomic mass is 9.98. The predicted molar refractivity (Wildman–Crippen MR) is 91.8 cm³/mol. The van der Waals surface area contributed by atoms with E-state index in [0.717, 1.165) is 19.0 Å². The summed E-state index contributed by atoms with van der Waals surface area (Å²) in [5, 5.41) is 3.75. The number of hydrogen-bond donors (Lipinski definition) is 1. The van der Waals surface area contributed by atoms with Crippen molar-refractivity contribution >= 4 is 0 Å². The molecule has 2 rings (SSSR count). The summed E-state index contributed by atoms with van der Waals surface area (Å²) < 4.78 is 0. The summed E-state index contributed by atoms with van der Waals surface area (Å²) in [7, 11) is 2.28. The molecule has 1 fully saturated rings. The van der Waals surface area contributed by atoms with Crippen LogP contribution in [-0.2, 0) is 0 Å². The Kier molecular flexibility index (Phi) is 5.83. The Morgan fingerprint density at radius 1 is 1.29 bits per heavy atom. The highest BCUT2D eigenvalue weighted by Gasteiger charge is 2.31. The molecule has 1 aromatic rings. The maximum Gasteiger partial charge on any atom is 0.0451 e. The monoisotopic (exact) mass is 288 g/mol. The second kappa shape index (κ2) is 7.42. The molecule has 21 heavy (non-hydrogen) atoms. The second-order valence-corrected chi connectivity index (χ2v) is 6.88. The number of rotatable bonds is 8. The van der Waals surface area contributed by atoms with E-state index in [-0.39, 0.29) is 0 Å². The van der Waals surface area contributed by atoms with Gasteiger partial charge in [0, 0.05) is 18.6 Å². The van der Waals surface area contributed by atoms with Crippen LogP contribution in [-0.4, -0.2) is 31.1 Å². The highest BCUT2D eigenvalue weighted by molar-refractivity contribution is 5.33. The lowest BCUT2D eigenvalue weighted by molar-refractivity contribution is 0.210. The topological polar surface area (TPSA) is 15.3 Å². The molecule has 0 saturated heterocycles. The van der Waals surface area contributed by atoms with Gasteiger partial charge in [-0.25, -0.2) is 0 Å². The van der Waals surface area contributed by atoms with E-state index in [1.165, 1.54) is 36.0 Å². The van der Waals surface area contributed by atoms with Crippen molar-refractivity contribution in [1.82, 2.24) is 10.2 Å². The largest absolute Gasteiger partial charge is 0.309 e. The van der Waals surface area contributed by atoms with Crippen LogP contribution >= 0.6 is 0 Å². The van der Waals surface area contributed by atoms with Gasteiger partial charge in [0.15, 0.2) is 0 Å². The highest BCUT2D eigenvalue weighted by Crippen LogP contribution is 2.35. The molecule has 0 heterocycles. The van der Waals surface area contributed by atoms with Crippen molar-refractivity contribution in [2.45, 2.75) is 59.0 Å². The molecule has 1 aliphatic carbocycles. The molecule has 2 unspecified atom stereocenters. The second-order valence-electron chi connectivity index (χ2n) is 6.88. The molecule has 2 nitrogen and oxygen atoms in total. The van der Waals surface area contributed by atoms with E-state index in [9.17, 15) is 0 Å². The van der Waals surface area contributed by atoms with E-state index < -0.39 is 0 Å². The van der Waals surface area contributed by atoms with E-state index in [2.05, 4.69) is 63.2 Å². The first-order chi connectivity index (χ1) is 10.0. The van der Waals surface area contributed by atoms with Gasteiger partial charge in [-0.05, 0) is 70.7 Å². The molecule has 2 heteroatoms. The minimum Gasteiger partial charge on any atom is -0.309 e. The molecule has 0 aromatic heterocycles. The number of nitrogens with zero attached hydrogens (tertiary/aromatic N) is 1. The molecule has 0 radical (unpaired) electrons. The minimum atomic E-state index is 0.441. The molecule has 0 aliphatic heterocycles. The first-order valence-corrected chi connectivity index (χ1v) is 8.53. The van der Waals surface area contributed by atoms with E-state index in [4.69, 9.17) is 0 Å². The van der Waals surface area contributed by atoms with Crippen LogP contribution in [0.5, 0.6) is 0 Å². The first kappa shape index (κ1) is 16.5. The van der Waals surface area contributed by atoms with Crippen molar-refractivity contribution < 1.29 is 0 Å². The fraction of sp³-hybridized carbons (Fsp3) is 0.684. The standard InChI is InChI=1S/C19H32N2/c1-6-11-20-19(13-21(5)16(4)17-8-9-17)18-10-7-14(2)12-15(18)3/h7,10,12,16-17,19-20H,6,8-9,11,13H2,1-5H3. The smallest absolute Gasteiger partial charge is 0.0451 e. The molecule has 1 saturated carbocycles.